The molecule has 0 radical (unpaired) electrons. The van der Waals surface area contributed by atoms with Crippen LogP contribution in [0, 0.1) is 5.82 Å². The molecule has 0 spiro atoms. The van der Waals surface area contributed by atoms with Gasteiger partial charge in [-0.05, 0) is 25.1 Å². The van der Waals surface area contributed by atoms with E-state index in [1.165, 1.54) is 6.07 Å². The molecule has 15 heavy (non-hydrogen) atoms. The number of amides is 1. The summed E-state index contributed by atoms with van der Waals surface area (Å²) in [4.78, 5) is 11.5. The molecule has 2 N–H and O–H groups in total. The van der Waals surface area contributed by atoms with Gasteiger partial charge >= 0.3 is 0 Å². The molecule has 1 aromatic carbocycles. The third-order valence-electron chi connectivity index (χ3n) is 1.73. The predicted octanol–water partition coefficient (Wildman–Crippen LogP) is 1.59. The largest absolute Gasteiger partial charge is 0.392 e. The van der Waals surface area contributed by atoms with Crippen molar-refractivity contribution in [3.8, 4) is 0 Å². The van der Waals surface area contributed by atoms with E-state index in [0.29, 0.717) is 0 Å². The molecule has 1 unspecified atom stereocenters. The molecular formula is C10H11ClFNO2. The summed E-state index contributed by atoms with van der Waals surface area (Å²) in [6.07, 6.45) is -0.631. The highest BCUT2D eigenvalue weighted by Gasteiger charge is 2.10. The normalized spacial score (nSPS) is 12.3. The number of rotatable bonds is 3. The number of aliphatic hydroxyl groups excluding tert-OH is 1. The zero-order valence-corrected chi connectivity index (χ0v) is 8.88. The van der Waals surface area contributed by atoms with Crippen molar-refractivity contribution in [3.05, 3.63) is 34.6 Å². The molecular weight excluding hydrogens is 221 g/mol. The number of carbonyl (C=O) groups is 1. The smallest absolute Gasteiger partial charge is 0.252 e. The van der Waals surface area contributed by atoms with Gasteiger partial charge in [0.25, 0.3) is 5.91 Å². The molecule has 0 heterocycles. The summed E-state index contributed by atoms with van der Waals surface area (Å²) in [5.74, 6) is -0.923. The third-order valence-corrected chi connectivity index (χ3v) is 2.05. The SMILES string of the molecule is CC(O)CNC(=O)c1ccc(F)cc1Cl. The molecule has 1 rings (SSSR count). The Hall–Kier alpha value is -1.13. The summed E-state index contributed by atoms with van der Waals surface area (Å²) in [6.45, 7) is 1.68. The minimum Gasteiger partial charge on any atom is -0.392 e. The van der Waals surface area contributed by atoms with Crippen LogP contribution in [0.15, 0.2) is 18.2 Å². The molecule has 0 aliphatic rings. The van der Waals surface area contributed by atoms with Gasteiger partial charge in [-0.1, -0.05) is 11.6 Å². The van der Waals surface area contributed by atoms with Gasteiger partial charge in [0.05, 0.1) is 16.7 Å². The van der Waals surface area contributed by atoms with Crippen LogP contribution >= 0.6 is 11.6 Å². The highest BCUT2D eigenvalue weighted by molar-refractivity contribution is 6.33. The Morgan fingerprint density at radius 3 is 2.87 bits per heavy atom. The topological polar surface area (TPSA) is 49.3 Å². The number of hydrogen-bond acceptors (Lipinski definition) is 2. The van der Waals surface area contributed by atoms with E-state index >= 15 is 0 Å². The van der Waals surface area contributed by atoms with E-state index in [4.69, 9.17) is 16.7 Å². The van der Waals surface area contributed by atoms with Crippen molar-refractivity contribution in [1.29, 1.82) is 0 Å². The van der Waals surface area contributed by atoms with Gasteiger partial charge in [-0.25, -0.2) is 4.39 Å². The standard InChI is InChI=1S/C10H11ClFNO2/c1-6(14)5-13-10(15)8-3-2-7(12)4-9(8)11/h2-4,6,14H,5H2,1H3,(H,13,15). The summed E-state index contributed by atoms with van der Waals surface area (Å²) in [5, 5.41) is 11.5. The van der Waals surface area contributed by atoms with Gasteiger partial charge in [0.1, 0.15) is 5.82 Å². The summed E-state index contributed by atoms with van der Waals surface area (Å²) in [5.41, 5.74) is 0.193. The van der Waals surface area contributed by atoms with Gasteiger partial charge < -0.3 is 10.4 Å². The van der Waals surface area contributed by atoms with Crippen LogP contribution in [-0.4, -0.2) is 23.7 Å². The van der Waals surface area contributed by atoms with E-state index < -0.39 is 17.8 Å². The second kappa shape index (κ2) is 5.09. The Morgan fingerprint density at radius 2 is 2.33 bits per heavy atom. The van der Waals surface area contributed by atoms with Crippen LogP contribution in [0.1, 0.15) is 17.3 Å². The second-order valence-corrected chi connectivity index (χ2v) is 3.59. The lowest BCUT2D eigenvalue weighted by molar-refractivity contribution is 0.0924. The zero-order chi connectivity index (χ0) is 11.4. The number of carbonyl (C=O) groups excluding carboxylic acids is 1. The van der Waals surface area contributed by atoms with Crippen LogP contribution in [0.5, 0.6) is 0 Å². The lowest BCUT2D eigenvalue weighted by Gasteiger charge is -2.08. The summed E-state index contributed by atoms with van der Waals surface area (Å²) < 4.78 is 12.7. The molecule has 0 bridgehead atoms. The maximum absolute atomic E-state index is 12.7. The second-order valence-electron chi connectivity index (χ2n) is 3.18. The molecule has 0 aliphatic heterocycles. The minimum absolute atomic E-state index is 0.0538. The van der Waals surface area contributed by atoms with Crippen LogP contribution in [-0.2, 0) is 0 Å². The van der Waals surface area contributed by atoms with E-state index in [-0.39, 0.29) is 17.1 Å². The molecule has 5 heteroatoms. The Balaban J connectivity index is 2.74. The Bertz CT molecular complexity index is 368. The van der Waals surface area contributed by atoms with Crippen LogP contribution in [0.2, 0.25) is 5.02 Å². The van der Waals surface area contributed by atoms with Gasteiger partial charge in [0.15, 0.2) is 0 Å². The first-order chi connectivity index (χ1) is 7.00. The Labute approximate surface area is 91.9 Å². The fourth-order valence-corrected chi connectivity index (χ4v) is 1.26. The van der Waals surface area contributed by atoms with Crippen molar-refractivity contribution in [3.63, 3.8) is 0 Å². The summed E-state index contributed by atoms with van der Waals surface area (Å²) in [7, 11) is 0. The fraction of sp³-hybridized carbons (Fsp3) is 0.300. The molecule has 1 amide bonds. The summed E-state index contributed by atoms with van der Waals surface area (Å²) >= 11 is 5.68. The first-order valence-electron chi connectivity index (χ1n) is 4.42. The van der Waals surface area contributed by atoms with Crippen molar-refractivity contribution >= 4 is 17.5 Å². The fourth-order valence-electron chi connectivity index (χ4n) is 1.01. The van der Waals surface area contributed by atoms with E-state index in [0.717, 1.165) is 12.1 Å². The third kappa shape index (κ3) is 3.49. The first kappa shape index (κ1) is 11.9. The Morgan fingerprint density at radius 1 is 1.67 bits per heavy atom. The quantitative estimate of drug-likeness (QED) is 0.830. The van der Waals surface area contributed by atoms with Crippen molar-refractivity contribution in [2.75, 3.05) is 6.54 Å². The zero-order valence-electron chi connectivity index (χ0n) is 8.13. The average molecular weight is 232 g/mol. The summed E-state index contributed by atoms with van der Waals surface area (Å²) in [6, 6.07) is 3.52. The first-order valence-corrected chi connectivity index (χ1v) is 4.80. The van der Waals surface area contributed by atoms with Crippen molar-refractivity contribution < 1.29 is 14.3 Å². The van der Waals surface area contributed by atoms with Gasteiger partial charge in [0, 0.05) is 6.54 Å². The van der Waals surface area contributed by atoms with Crippen molar-refractivity contribution in [2.45, 2.75) is 13.0 Å². The van der Waals surface area contributed by atoms with Crippen LogP contribution in [0.3, 0.4) is 0 Å². The average Bonchev–Trinajstić information content (AvgIpc) is 2.14. The lowest BCUT2D eigenvalue weighted by Crippen LogP contribution is -2.30. The van der Waals surface area contributed by atoms with Crippen molar-refractivity contribution in [2.24, 2.45) is 0 Å². The molecule has 1 aromatic rings. The molecule has 3 nitrogen and oxygen atoms in total. The lowest BCUT2D eigenvalue weighted by atomic mass is 10.2. The number of nitrogens with one attached hydrogen (secondary N) is 1. The molecule has 0 aliphatic carbocycles. The number of aliphatic hydroxyl groups is 1. The minimum atomic E-state index is -0.631. The predicted molar refractivity (Wildman–Crippen MR) is 55.4 cm³/mol. The van der Waals surface area contributed by atoms with Crippen LogP contribution in [0.4, 0.5) is 4.39 Å². The Kier molecular flexibility index (Phi) is 4.05. The van der Waals surface area contributed by atoms with E-state index in [1.54, 1.807) is 6.92 Å². The number of hydrogen-bond donors (Lipinski definition) is 2. The van der Waals surface area contributed by atoms with Crippen LogP contribution in [0.25, 0.3) is 0 Å². The molecule has 82 valence electrons. The van der Waals surface area contributed by atoms with Gasteiger partial charge in [-0.15, -0.1) is 0 Å². The maximum atomic E-state index is 12.7. The monoisotopic (exact) mass is 231 g/mol. The maximum Gasteiger partial charge on any atom is 0.252 e. The number of benzene rings is 1. The molecule has 0 saturated carbocycles. The van der Waals surface area contributed by atoms with E-state index in [2.05, 4.69) is 5.32 Å². The van der Waals surface area contributed by atoms with E-state index in [9.17, 15) is 9.18 Å². The molecule has 0 saturated heterocycles. The highest BCUT2D eigenvalue weighted by Crippen LogP contribution is 2.16. The highest BCUT2D eigenvalue weighted by atomic mass is 35.5. The van der Waals surface area contributed by atoms with Gasteiger partial charge in [0.2, 0.25) is 0 Å². The molecule has 0 fully saturated rings. The van der Waals surface area contributed by atoms with Gasteiger partial charge in [-0.2, -0.15) is 0 Å². The van der Waals surface area contributed by atoms with E-state index in [1.807, 2.05) is 0 Å². The number of halogens is 2. The van der Waals surface area contributed by atoms with Crippen LogP contribution < -0.4 is 5.32 Å². The van der Waals surface area contributed by atoms with Crippen molar-refractivity contribution in [1.82, 2.24) is 5.32 Å². The van der Waals surface area contributed by atoms with Gasteiger partial charge in [-0.3, -0.25) is 4.79 Å². The molecule has 1 atom stereocenters. The molecule has 0 aromatic heterocycles.